The molecule has 5 rings (SSSR count). The van der Waals surface area contributed by atoms with Crippen molar-refractivity contribution in [1.29, 1.82) is 0 Å². The van der Waals surface area contributed by atoms with E-state index in [0.717, 1.165) is 43.2 Å². The Bertz CT molecular complexity index is 1060. The van der Waals surface area contributed by atoms with E-state index in [0.29, 0.717) is 40.8 Å². The molecule has 0 bridgehead atoms. The van der Waals surface area contributed by atoms with Gasteiger partial charge in [0.25, 0.3) is 0 Å². The fourth-order valence-electron chi connectivity index (χ4n) is 6.97. The molecule has 0 aromatic heterocycles. The van der Waals surface area contributed by atoms with Crippen molar-refractivity contribution < 1.29 is 24.4 Å². The molecule has 0 spiro atoms. The first kappa shape index (κ1) is 22.1. The van der Waals surface area contributed by atoms with E-state index in [9.17, 15) is 10.2 Å². The number of ether oxygens (including phenoxy) is 3. The standard InChI is InChI=1S/C28H34O5/c1-28-10-9-21-20-8-6-19(29)14-17(20)5-7-22(21)23(28)15-18(27(28)30)11-16-12-24(31-2)26(33-4)25(13-16)32-3/h6,8,11-14,21-23,27,29-30H,5,7,9-10,15H2,1-4H3. The van der Waals surface area contributed by atoms with Crippen molar-refractivity contribution in [2.45, 2.75) is 51.0 Å². The Hall–Kier alpha value is -2.66. The number of aryl methyl sites for hydroxylation is 1. The Labute approximate surface area is 196 Å². The van der Waals surface area contributed by atoms with Crippen molar-refractivity contribution >= 4 is 6.08 Å². The van der Waals surface area contributed by atoms with Crippen molar-refractivity contribution in [2.24, 2.45) is 17.3 Å². The lowest BCUT2D eigenvalue weighted by Gasteiger charge is -2.49. The molecule has 176 valence electrons. The minimum Gasteiger partial charge on any atom is -0.508 e. The Morgan fingerprint density at radius 2 is 1.73 bits per heavy atom. The normalized spacial score (nSPS) is 31.5. The highest BCUT2D eigenvalue weighted by molar-refractivity contribution is 5.64. The van der Waals surface area contributed by atoms with E-state index in [1.54, 1.807) is 21.3 Å². The van der Waals surface area contributed by atoms with Crippen LogP contribution in [0.5, 0.6) is 23.0 Å². The molecule has 5 atom stereocenters. The highest BCUT2D eigenvalue weighted by Crippen LogP contribution is 2.62. The minimum atomic E-state index is -0.455. The quantitative estimate of drug-likeness (QED) is 0.659. The number of methoxy groups -OCH3 is 3. The van der Waals surface area contributed by atoms with Crippen LogP contribution in [0.15, 0.2) is 35.9 Å². The summed E-state index contributed by atoms with van der Waals surface area (Å²) in [4.78, 5) is 0. The van der Waals surface area contributed by atoms with Gasteiger partial charge < -0.3 is 24.4 Å². The van der Waals surface area contributed by atoms with E-state index >= 15 is 0 Å². The number of aliphatic hydroxyl groups excluding tert-OH is 1. The molecule has 5 unspecified atom stereocenters. The van der Waals surface area contributed by atoms with Crippen LogP contribution in [0, 0.1) is 17.3 Å². The number of benzene rings is 2. The van der Waals surface area contributed by atoms with Crippen LogP contribution < -0.4 is 14.2 Å². The minimum absolute atomic E-state index is 0.109. The van der Waals surface area contributed by atoms with Gasteiger partial charge in [0.2, 0.25) is 5.75 Å². The van der Waals surface area contributed by atoms with Crippen LogP contribution in [-0.4, -0.2) is 37.6 Å². The van der Waals surface area contributed by atoms with Gasteiger partial charge in [0, 0.05) is 5.41 Å². The summed E-state index contributed by atoms with van der Waals surface area (Å²) in [6, 6.07) is 9.78. The summed E-state index contributed by atoms with van der Waals surface area (Å²) in [6.45, 7) is 2.28. The number of aromatic hydroxyl groups is 1. The molecule has 2 aromatic carbocycles. The zero-order valence-electron chi connectivity index (χ0n) is 19.9. The number of hydrogen-bond donors (Lipinski definition) is 2. The lowest BCUT2D eigenvalue weighted by atomic mass is 9.55. The monoisotopic (exact) mass is 450 g/mol. The molecule has 0 radical (unpaired) electrons. The Kier molecular flexibility index (Phi) is 5.56. The molecule has 0 aliphatic heterocycles. The van der Waals surface area contributed by atoms with Gasteiger partial charge in [0.05, 0.1) is 27.4 Å². The van der Waals surface area contributed by atoms with Crippen LogP contribution >= 0.6 is 0 Å². The molecule has 5 heteroatoms. The number of fused-ring (bicyclic) bond motifs is 5. The number of phenolic OH excluding ortho intramolecular Hbond substituents is 1. The third kappa shape index (κ3) is 3.48. The van der Waals surface area contributed by atoms with Crippen molar-refractivity contribution in [3.63, 3.8) is 0 Å². The second-order valence-electron chi connectivity index (χ2n) is 10.1. The summed E-state index contributed by atoms with van der Waals surface area (Å²) < 4.78 is 16.5. The van der Waals surface area contributed by atoms with E-state index < -0.39 is 6.10 Å². The third-order valence-corrected chi connectivity index (χ3v) is 8.62. The van der Waals surface area contributed by atoms with Crippen molar-refractivity contribution in [3.8, 4) is 23.0 Å². The zero-order valence-corrected chi connectivity index (χ0v) is 19.9. The van der Waals surface area contributed by atoms with E-state index in [1.807, 2.05) is 24.3 Å². The molecule has 3 aliphatic rings. The molecule has 5 nitrogen and oxygen atoms in total. The van der Waals surface area contributed by atoms with E-state index in [4.69, 9.17) is 14.2 Å². The van der Waals surface area contributed by atoms with Gasteiger partial charge in [-0.05, 0) is 96.4 Å². The van der Waals surface area contributed by atoms with Gasteiger partial charge in [0.15, 0.2) is 11.5 Å². The number of rotatable bonds is 4. The lowest BCUT2D eigenvalue weighted by Crippen LogP contribution is -2.44. The third-order valence-electron chi connectivity index (χ3n) is 8.62. The van der Waals surface area contributed by atoms with Crippen LogP contribution in [0.3, 0.4) is 0 Å². The zero-order chi connectivity index (χ0) is 23.3. The van der Waals surface area contributed by atoms with Gasteiger partial charge >= 0.3 is 0 Å². The second-order valence-corrected chi connectivity index (χ2v) is 10.1. The Morgan fingerprint density at radius 1 is 1.00 bits per heavy atom. The molecule has 2 N–H and O–H groups in total. The van der Waals surface area contributed by atoms with E-state index in [2.05, 4.69) is 19.1 Å². The molecule has 0 amide bonds. The molecule has 2 fully saturated rings. The average molecular weight is 451 g/mol. The first-order valence-electron chi connectivity index (χ1n) is 11.9. The van der Waals surface area contributed by atoms with Gasteiger partial charge in [-0.3, -0.25) is 0 Å². The van der Waals surface area contributed by atoms with Crippen LogP contribution in [0.1, 0.15) is 55.2 Å². The maximum Gasteiger partial charge on any atom is 0.203 e. The van der Waals surface area contributed by atoms with Gasteiger partial charge in [-0.1, -0.05) is 19.1 Å². The summed E-state index contributed by atoms with van der Waals surface area (Å²) in [5, 5.41) is 21.4. The lowest BCUT2D eigenvalue weighted by molar-refractivity contribution is -0.0158. The largest absolute Gasteiger partial charge is 0.508 e. The fourth-order valence-corrected chi connectivity index (χ4v) is 6.97. The van der Waals surface area contributed by atoms with Gasteiger partial charge in [-0.25, -0.2) is 0 Å². The summed E-state index contributed by atoms with van der Waals surface area (Å²) in [7, 11) is 4.84. The number of aliphatic hydroxyl groups is 1. The molecular weight excluding hydrogens is 416 g/mol. The second kappa shape index (κ2) is 8.28. The van der Waals surface area contributed by atoms with Gasteiger partial charge in [0.1, 0.15) is 5.75 Å². The Balaban J connectivity index is 1.48. The molecule has 33 heavy (non-hydrogen) atoms. The van der Waals surface area contributed by atoms with Crippen LogP contribution in [-0.2, 0) is 6.42 Å². The number of phenols is 1. The Morgan fingerprint density at radius 3 is 2.39 bits per heavy atom. The first-order valence-corrected chi connectivity index (χ1v) is 11.9. The highest BCUT2D eigenvalue weighted by atomic mass is 16.5. The van der Waals surface area contributed by atoms with Gasteiger partial charge in [-0.15, -0.1) is 0 Å². The summed E-state index contributed by atoms with van der Waals surface area (Å²) >= 11 is 0. The first-order chi connectivity index (χ1) is 15.9. The summed E-state index contributed by atoms with van der Waals surface area (Å²) in [5.41, 5.74) is 4.63. The molecule has 0 saturated heterocycles. The van der Waals surface area contributed by atoms with Crippen LogP contribution in [0.25, 0.3) is 6.08 Å². The maximum atomic E-state index is 11.5. The highest BCUT2D eigenvalue weighted by Gasteiger charge is 2.56. The van der Waals surface area contributed by atoms with Crippen LogP contribution in [0.4, 0.5) is 0 Å². The molecule has 2 aromatic rings. The fraction of sp³-hybridized carbons (Fsp3) is 0.500. The molecule has 0 heterocycles. The van der Waals surface area contributed by atoms with Crippen molar-refractivity contribution in [1.82, 2.24) is 0 Å². The maximum absolute atomic E-state index is 11.5. The predicted octanol–water partition coefficient (Wildman–Crippen LogP) is 5.33. The predicted molar refractivity (Wildman–Crippen MR) is 128 cm³/mol. The van der Waals surface area contributed by atoms with E-state index in [1.165, 1.54) is 11.1 Å². The van der Waals surface area contributed by atoms with Crippen LogP contribution in [0.2, 0.25) is 0 Å². The van der Waals surface area contributed by atoms with Crippen molar-refractivity contribution in [2.75, 3.05) is 21.3 Å². The topological polar surface area (TPSA) is 68.2 Å². The number of hydrogen-bond acceptors (Lipinski definition) is 5. The van der Waals surface area contributed by atoms with Crippen molar-refractivity contribution in [3.05, 3.63) is 52.6 Å². The molecular formula is C28H34O5. The summed E-state index contributed by atoms with van der Waals surface area (Å²) in [6.07, 6.45) is 6.77. The molecule has 2 saturated carbocycles. The SMILES string of the molecule is COc1cc(C=C2CC3C4CCc5cc(O)ccc5C4CCC3(C)C2O)cc(OC)c1OC. The van der Waals surface area contributed by atoms with Gasteiger partial charge in [-0.2, -0.15) is 0 Å². The molecule has 3 aliphatic carbocycles. The smallest absolute Gasteiger partial charge is 0.203 e. The average Bonchev–Trinajstić information content (AvgIpc) is 3.08. The van der Waals surface area contributed by atoms with E-state index in [-0.39, 0.29) is 5.41 Å². The summed E-state index contributed by atoms with van der Waals surface area (Å²) in [5.74, 6) is 3.69.